The summed E-state index contributed by atoms with van der Waals surface area (Å²) in [4.78, 5) is 13.2. The third-order valence-corrected chi connectivity index (χ3v) is 8.40. The van der Waals surface area contributed by atoms with Gasteiger partial charge in [-0.25, -0.2) is 17.5 Å². The summed E-state index contributed by atoms with van der Waals surface area (Å²) in [7, 11) is -2.53. The SMILES string of the molecule is CCn1cc(S(=O)(=O)N2CCC3=Cc4c(cnn4-c4ccc(F)cc4)C[C@]3(C(=O)OC)C2)cn1. The van der Waals surface area contributed by atoms with Crippen LogP contribution in [-0.2, 0) is 32.5 Å². The predicted octanol–water partition coefficient (Wildman–Crippen LogP) is 2.42. The topological polar surface area (TPSA) is 99.3 Å². The van der Waals surface area contributed by atoms with Crippen molar-refractivity contribution in [2.24, 2.45) is 5.41 Å². The zero-order chi connectivity index (χ0) is 24.1. The molecule has 1 aliphatic heterocycles. The van der Waals surface area contributed by atoms with E-state index in [0.717, 1.165) is 16.8 Å². The molecule has 3 aromatic rings. The third-order valence-electron chi connectivity index (χ3n) is 6.60. The van der Waals surface area contributed by atoms with E-state index in [-0.39, 0.29) is 30.2 Å². The molecule has 9 nitrogen and oxygen atoms in total. The maximum atomic E-state index is 13.4. The number of rotatable bonds is 5. The van der Waals surface area contributed by atoms with Crippen LogP contribution in [0.3, 0.4) is 0 Å². The maximum absolute atomic E-state index is 13.4. The molecule has 0 N–H and O–H groups in total. The van der Waals surface area contributed by atoms with Gasteiger partial charge in [-0.2, -0.15) is 14.5 Å². The quantitative estimate of drug-likeness (QED) is 0.515. The van der Waals surface area contributed by atoms with E-state index in [1.165, 1.54) is 35.9 Å². The second-order valence-electron chi connectivity index (χ2n) is 8.48. The van der Waals surface area contributed by atoms with Crippen LogP contribution in [0.5, 0.6) is 0 Å². The normalized spacial score (nSPS) is 20.4. The number of benzene rings is 1. The van der Waals surface area contributed by atoms with Crippen molar-refractivity contribution >= 4 is 22.1 Å². The van der Waals surface area contributed by atoms with Gasteiger partial charge in [0, 0.05) is 25.8 Å². The van der Waals surface area contributed by atoms with Gasteiger partial charge in [-0.3, -0.25) is 9.48 Å². The molecule has 0 unspecified atom stereocenters. The van der Waals surface area contributed by atoms with Gasteiger partial charge < -0.3 is 4.74 Å². The number of aromatic nitrogens is 4. The van der Waals surface area contributed by atoms with Gasteiger partial charge in [0.05, 0.1) is 30.9 Å². The van der Waals surface area contributed by atoms with E-state index in [1.807, 2.05) is 13.0 Å². The van der Waals surface area contributed by atoms with Gasteiger partial charge in [0.2, 0.25) is 10.0 Å². The fraction of sp³-hybridized carbons (Fsp3) is 0.348. The van der Waals surface area contributed by atoms with Crippen molar-refractivity contribution in [3.63, 3.8) is 0 Å². The number of halogens is 1. The van der Waals surface area contributed by atoms with Gasteiger partial charge in [0.25, 0.3) is 0 Å². The van der Waals surface area contributed by atoms with Crippen molar-refractivity contribution in [1.29, 1.82) is 0 Å². The molecule has 0 spiro atoms. The van der Waals surface area contributed by atoms with Crippen molar-refractivity contribution in [3.05, 3.63) is 65.5 Å². The molecule has 34 heavy (non-hydrogen) atoms. The van der Waals surface area contributed by atoms with Crippen LogP contribution in [0.2, 0.25) is 0 Å². The molecule has 5 rings (SSSR count). The van der Waals surface area contributed by atoms with E-state index >= 15 is 0 Å². The summed E-state index contributed by atoms with van der Waals surface area (Å²) in [5.74, 6) is -0.825. The molecular weight excluding hydrogens is 461 g/mol. The second kappa shape index (κ2) is 8.17. The Hall–Kier alpha value is -3.31. The number of aryl methyl sites for hydroxylation is 1. The van der Waals surface area contributed by atoms with E-state index < -0.39 is 21.4 Å². The molecule has 11 heteroatoms. The van der Waals surface area contributed by atoms with Crippen molar-refractivity contribution < 1.29 is 22.3 Å². The Morgan fingerprint density at radius 2 is 1.97 bits per heavy atom. The van der Waals surface area contributed by atoms with Gasteiger partial charge in [-0.05, 0) is 61.2 Å². The first-order valence-corrected chi connectivity index (χ1v) is 12.4. The summed E-state index contributed by atoms with van der Waals surface area (Å²) < 4.78 is 49.9. The monoisotopic (exact) mass is 485 g/mol. The molecule has 1 saturated heterocycles. The molecule has 1 aromatic carbocycles. The van der Waals surface area contributed by atoms with Crippen LogP contribution in [-0.4, -0.2) is 58.5 Å². The van der Waals surface area contributed by atoms with E-state index in [0.29, 0.717) is 18.7 Å². The molecule has 3 heterocycles. The van der Waals surface area contributed by atoms with E-state index in [4.69, 9.17) is 4.74 Å². The van der Waals surface area contributed by atoms with Crippen molar-refractivity contribution in [2.45, 2.75) is 31.2 Å². The highest BCUT2D eigenvalue weighted by Gasteiger charge is 2.52. The minimum atomic E-state index is -3.84. The summed E-state index contributed by atoms with van der Waals surface area (Å²) in [6.45, 7) is 2.62. The summed E-state index contributed by atoms with van der Waals surface area (Å²) in [6, 6.07) is 5.99. The Balaban J connectivity index is 1.53. The van der Waals surface area contributed by atoms with Gasteiger partial charge in [-0.1, -0.05) is 0 Å². The Kier molecular flexibility index (Phi) is 5.40. The largest absolute Gasteiger partial charge is 0.468 e. The van der Waals surface area contributed by atoms with Crippen LogP contribution in [0.25, 0.3) is 11.8 Å². The van der Waals surface area contributed by atoms with Gasteiger partial charge >= 0.3 is 5.97 Å². The lowest BCUT2D eigenvalue weighted by Gasteiger charge is -2.43. The van der Waals surface area contributed by atoms with E-state index in [9.17, 15) is 17.6 Å². The van der Waals surface area contributed by atoms with E-state index in [1.54, 1.807) is 27.7 Å². The number of sulfonamides is 1. The zero-order valence-corrected chi connectivity index (χ0v) is 19.6. The van der Waals surface area contributed by atoms with Crippen LogP contribution in [0, 0.1) is 11.2 Å². The Bertz CT molecular complexity index is 1390. The number of ether oxygens (including phenoxy) is 1. The molecule has 1 fully saturated rings. The summed E-state index contributed by atoms with van der Waals surface area (Å²) in [5.41, 5.74) is 1.92. The van der Waals surface area contributed by atoms with Gasteiger partial charge in [0.1, 0.15) is 16.1 Å². The first kappa shape index (κ1) is 22.5. The first-order chi connectivity index (χ1) is 16.3. The average Bonchev–Trinajstić information content (AvgIpc) is 3.49. The van der Waals surface area contributed by atoms with Crippen LogP contribution in [0.1, 0.15) is 24.6 Å². The summed E-state index contributed by atoms with van der Waals surface area (Å²) in [6.07, 6.45) is 7.01. The number of fused-ring (bicyclic) bond motifs is 2. The molecular formula is C23H24FN5O4S. The Morgan fingerprint density at radius 1 is 1.21 bits per heavy atom. The summed E-state index contributed by atoms with van der Waals surface area (Å²) in [5, 5.41) is 8.54. The number of methoxy groups -OCH3 is 1. The van der Waals surface area contributed by atoms with E-state index in [2.05, 4.69) is 10.2 Å². The second-order valence-corrected chi connectivity index (χ2v) is 10.4. The lowest BCUT2D eigenvalue weighted by molar-refractivity contribution is -0.151. The van der Waals surface area contributed by atoms with Crippen molar-refractivity contribution in [2.75, 3.05) is 20.2 Å². The van der Waals surface area contributed by atoms with Crippen LogP contribution in [0.4, 0.5) is 4.39 Å². The molecule has 1 aliphatic carbocycles. The molecule has 0 radical (unpaired) electrons. The number of piperidine rings is 1. The lowest BCUT2D eigenvalue weighted by Crippen LogP contribution is -2.53. The van der Waals surface area contributed by atoms with Crippen LogP contribution in [0.15, 0.2) is 53.3 Å². The molecule has 0 amide bonds. The third kappa shape index (κ3) is 3.46. The highest BCUT2D eigenvalue weighted by atomic mass is 32.2. The molecule has 1 atom stereocenters. The Morgan fingerprint density at radius 3 is 2.65 bits per heavy atom. The van der Waals surface area contributed by atoms with Gasteiger partial charge in [-0.15, -0.1) is 0 Å². The predicted molar refractivity (Wildman–Crippen MR) is 121 cm³/mol. The number of nitrogens with zero attached hydrogens (tertiary/aromatic N) is 5. The van der Waals surface area contributed by atoms with Crippen molar-refractivity contribution in [1.82, 2.24) is 23.9 Å². The standard InChI is InChI=1S/C23H24FN5O4S/c1-3-27-14-20(13-25-27)34(31,32)28-9-8-17-10-21-16(11-23(17,15-28)22(30)33-2)12-26-29(21)19-6-4-18(24)5-7-19/h4-7,10,12-14H,3,8-9,11,15H2,1-2H3/t23-/m0/s1. The maximum Gasteiger partial charge on any atom is 0.317 e. The Labute approximate surface area is 196 Å². The number of carbonyl (C=O) groups is 1. The van der Waals surface area contributed by atoms with Crippen LogP contribution < -0.4 is 0 Å². The lowest BCUT2D eigenvalue weighted by atomic mass is 9.69. The first-order valence-electron chi connectivity index (χ1n) is 10.9. The molecule has 0 saturated carbocycles. The number of hydrogen-bond donors (Lipinski definition) is 0. The zero-order valence-electron chi connectivity index (χ0n) is 18.8. The molecule has 2 aliphatic rings. The van der Waals surface area contributed by atoms with Gasteiger partial charge in [0.15, 0.2) is 0 Å². The van der Waals surface area contributed by atoms with Crippen molar-refractivity contribution in [3.8, 4) is 5.69 Å². The molecule has 178 valence electrons. The fourth-order valence-electron chi connectivity index (χ4n) is 4.77. The fourth-order valence-corrected chi connectivity index (χ4v) is 6.23. The average molecular weight is 486 g/mol. The smallest absolute Gasteiger partial charge is 0.317 e. The summed E-state index contributed by atoms with van der Waals surface area (Å²) >= 11 is 0. The minimum Gasteiger partial charge on any atom is -0.468 e. The van der Waals surface area contributed by atoms with Crippen LogP contribution >= 0.6 is 0 Å². The molecule has 2 aromatic heterocycles. The minimum absolute atomic E-state index is 0.0354. The highest BCUT2D eigenvalue weighted by Crippen LogP contribution is 2.46. The number of hydrogen-bond acceptors (Lipinski definition) is 6. The number of esters is 1. The number of carbonyl (C=O) groups excluding carboxylic acids is 1. The highest BCUT2D eigenvalue weighted by molar-refractivity contribution is 7.89. The molecule has 0 bridgehead atoms.